The highest BCUT2D eigenvalue weighted by molar-refractivity contribution is 5.80. The zero-order valence-electron chi connectivity index (χ0n) is 13.8. The Balaban J connectivity index is 1.68. The zero-order chi connectivity index (χ0) is 19.1. The lowest BCUT2D eigenvalue weighted by molar-refractivity contribution is -0.149. The van der Waals surface area contributed by atoms with Crippen LogP contribution in [0.2, 0.25) is 0 Å². The molecule has 0 unspecified atom stereocenters. The van der Waals surface area contributed by atoms with Crippen LogP contribution in [0.5, 0.6) is 0 Å². The van der Waals surface area contributed by atoms with Crippen LogP contribution in [0.15, 0.2) is 18.2 Å². The van der Waals surface area contributed by atoms with Gasteiger partial charge in [0.05, 0.1) is 11.0 Å². The van der Waals surface area contributed by atoms with Crippen molar-refractivity contribution in [1.29, 1.82) is 0 Å². The summed E-state index contributed by atoms with van der Waals surface area (Å²) in [7, 11) is 0. The van der Waals surface area contributed by atoms with Gasteiger partial charge in [-0.25, -0.2) is 9.18 Å². The van der Waals surface area contributed by atoms with E-state index in [9.17, 15) is 32.3 Å². The fourth-order valence-corrected chi connectivity index (χ4v) is 4.04. The van der Waals surface area contributed by atoms with Crippen molar-refractivity contribution in [2.45, 2.75) is 32.0 Å². The lowest BCUT2D eigenvalue weighted by atomic mass is 9.81. The van der Waals surface area contributed by atoms with E-state index in [1.54, 1.807) is 0 Å². The highest BCUT2D eigenvalue weighted by Crippen LogP contribution is 2.48. The zero-order valence-corrected chi connectivity index (χ0v) is 13.8. The maximum absolute atomic E-state index is 13.1. The van der Waals surface area contributed by atoms with Crippen molar-refractivity contribution in [3.05, 3.63) is 35.1 Å². The summed E-state index contributed by atoms with van der Waals surface area (Å²) in [6.07, 6.45) is -2.74. The van der Waals surface area contributed by atoms with E-state index in [2.05, 4.69) is 5.32 Å². The molecular weight excluding hydrogens is 356 g/mol. The van der Waals surface area contributed by atoms with Crippen LogP contribution >= 0.6 is 0 Å². The van der Waals surface area contributed by atoms with E-state index in [4.69, 9.17) is 0 Å². The first-order valence-electron chi connectivity index (χ1n) is 8.25. The van der Waals surface area contributed by atoms with Crippen molar-refractivity contribution in [2.24, 2.45) is 11.3 Å². The number of nitrogens with one attached hydrogen (secondary N) is 1. The number of alkyl halides is 3. The fourth-order valence-electron chi connectivity index (χ4n) is 4.04. The second kappa shape index (κ2) is 6.44. The number of benzene rings is 1. The summed E-state index contributed by atoms with van der Waals surface area (Å²) in [4.78, 5) is 25.3. The van der Waals surface area contributed by atoms with Gasteiger partial charge in [-0.1, -0.05) is 12.5 Å². The molecule has 2 atom stereocenters. The van der Waals surface area contributed by atoms with E-state index in [0.717, 1.165) is 18.6 Å². The molecule has 1 heterocycles. The monoisotopic (exact) mass is 374 g/mol. The van der Waals surface area contributed by atoms with Gasteiger partial charge in [0, 0.05) is 19.6 Å². The molecule has 0 radical (unpaired) electrons. The number of carbonyl (C=O) groups excluding carboxylic acids is 1. The van der Waals surface area contributed by atoms with Crippen LogP contribution in [0.1, 0.15) is 30.4 Å². The van der Waals surface area contributed by atoms with E-state index in [0.29, 0.717) is 18.9 Å². The van der Waals surface area contributed by atoms with Gasteiger partial charge >= 0.3 is 18.2 Å². The van der Waals surface area contributed by atoms with Gasteiger partial charge in [-0.05, 0) is 36.5 Å². The quantitative estimate of drug-likeness (QED) is 0.798. The number of aliphatic carboxylic acids is 1. The summed E-state index contributed by atoms with van der Waals surface area (Å²) < 4.78 is 52.1. The lowest BCUT2D eigenvalue weighted by Gasteiger charge is -2.23. The maximum Gasteiger partial charge on any atom is 0.416 e. The molecule has 0 aromatic heterocycles. The minimum absolute atomic E-state index is 0.0500. The smallest absolute Gasteiger partial charge is 0.416 e. The van der Waals surface area contributed by atoms with E-state index in [1.165, 1.54) is 4.90 Å². The molecule has 1 aromatic carbocycles. The van der Waals surface area contributed by atoms with Gasteiger partial charge in [-0.3, -0.25) is 4.79 Å². The Morgan fingerprint density at radius 2 is 2.08 bits per heavy atom. The number of urea groups is 1. The number of amides is 2. The van der Waals surface area contributed by atoms with Crippen LogP contribution in [0, 0.1) is 17.2 Å². The van der Waals surface area contributed by atoms with E-state index in [-0.39, 0.29) is 24.6 Å². The van der Waals surface area contributed by atoms with E-state index >= 15 is 0 Å². The lowest BCUT2D eigenvalue weighted by Crippen LogP contribution is -2.41. The number of rotatable bonds is 3. The molecule has 9 heteroatoms. The van der Waals surface area contributed by atoms with Crippen molar-refractivity contribution in [3.8, 4) is 0 Å². The second-order valence-electron chi connectivity index (χ2n) is 6.89. The first-order valence-corrected chi connectivity index (χ1v) is 8.25. The fraction of sp³-hybridized carbons (Fsp3) is 0.529. The van der Waals surface area contributed by atoms with Crippen molar-refractivity contribution >= 4 is 12.0 Å². The molecule has 1 aliphatic carbocycles. The van der Waals surface area contributed by atoms with Crippen molar-refractivity contribution < 1.29 is 32.3 Å². The van der Waals surface area contributed by atoms with Gasteiger partial charge in [0.2, 0.25) is 0 Å². The summed E-state index contributed by atoms with van der Waals surface area (Å²) >= 11 is 0. The number of carboxylic acids is 1. The average molecular weight is 374 g/mol. The van der Waals surface area contributed by atoms with E-state index in [1.807, 2.05) is 0 Å². The Labute approximate surface area is 147 Å². The first kappa shape index (κ1) is 18.5. The van der Waals surface area contributed by atoms with Crippen molar-refractivity contribution in [3.63, 3.8) is 0 Å². The molecule has 142 valence electrons. The third kappa shape index (κ3) is 3.22. The highest BCUT2D eigenvalue weighted by Gasteiger charge is 2.55. The number of nitrogens with zero attached hydrogens (tertiary/aromatic N) is 1. The van der Waals surface area contributed by atoms with Crippen molar-refractivity contribution in [2.75, 3.05) is 13.1 Å². The van der Waals surface area contributed by atoms with Gasteiger partial charge in [-0.15, -0.1) is 0 Å². The predicted octanol–water partition coefficient (Wildman–Crippen LogP) is 3.24. The molecule has 1 saturated carbocycles. The minimum Gasteiger partial charge on any atom is -0.481 e. The maximum atomic E-state index is 13.1. The number of hydrogen-bond donors (Lipinski definition) is 2. The van der Waals surface area contributed by atoms with Gasteiger partial charge in [-0.2, -0.15) is 13.2 Å². The van der Waals surface area contributed by atoms with Crippen molar-refractivity contribution in [1.82, 2.24) is 10.2 Å². The minimum atomic E-state index is -4.74. The van der Waals surface area contributed by atoms with Crippen LogP contribution in [0.3, 0.4) is 0 Å². The molecule has 1 saturated heterocycles. The number of fused-ring (bicyclic) bond motifs is 1. The molecule has 5 nitrogen and oxygen atoms in total. The Morgan fingerprint density at radius 1 is 1.35 bits per heavy atom. The first-order chi connectivity index (χ1) is 12.1. The SMILES string of the molecule is O=C(NCc1ccc(F)cc1C(F)(F)F)N1C[C@@H]2CCC[C@@]2(C(=O)O)C1. The molecule has 2 fully saturated rings. The molecule has 0 spiro atoms. The van der Waals surface area contributed by atoms with Crippen LogP contribution in [-0.4, -0.2) is 35.1 Å². The standard InChI is InChI=1S/C17H18F4N2O3/c18-12-4-3-10(13(6-12)17(19,20)21)7-22-15(26)23-8-11-2-1-5-16(11,9-23)14(24)25/h3-4,6,11H,1-2,5,7-9H2,(H,22,26)(H,24,25)/t11-,16+/m0/s1. The summed E-state index contributed by atoms with van der Waals surface area (Å²) in [5.74, 6) is -2.08. The van der Waals surface area contributed by atoms with Gasteiger partial charge in [0.25, 0.3) is 0 Å². The van der Waals surface area contributed by atoms with Crippen LogP contribution < -0.4 is 5.32 Å². The van der Waals surface area contributed by atoms with Crippen LogP contribution in [-0.2, 0) is 17.5 Å². The van der Waals surface area contributed by atoms with Gasteiger partial charge in [0.15, 0.2) is 0 Å². The van der Waals surface area contributed by atoms with Gasteiger partial charge < -0.3 is 15.3 Å². The van der Waals surface area contributed by atoms with Crippen LogP contribution in [0.25, 0.3) is 0 Å². The molecule has 2 N–H and O–H groups in total. The third-order valence-electron chi connectivity index (χ3n) is 5.39. The number of carboxylic acid groups (broad SMARTS) is 1. The predicted molar refractivity (Wildman–Crippen MR) is 82.6 cm³/mol. The number of halogens is 4. The second-order valence-corrected chi connectivity index (χ2v) is 6.89. The topological polar surface area (TPSA) is 69.6 Å². The highest BCUT2D eigenvalue weighted by atomic mass is 19.4. The molecular formula is C17H18F4N2O3. The molecule has 2 amide bonds. The molecule has 3 rings (SSSR count). The molecule has 26 heavy (non-hydrogen) atoms. The largest absolute Gasteiger partial charge is 0.481 e. The molecule has 1 aromatic rings. The Bertz CT molecular complexity index is 737. The number of likely N-dealkylation sites (tertiary alicyclic amines) is 1. The summed E-state index contributed by atoms with van der Waals surface area (Å²) in [6.45, 7) is -0.0999. The normalized spacial score (nSPS) is 25.2. The molecule has 1 aliphatic heterocycles. The molecule has 0 bridgehead atoms. The summed E-state index contributed by atoms with van der Waals surface area (Å²) in [5.41, 5.74) is -2.35. The Kier molecular flexibility index (Phi) is 4.58. The van der Waals surface area contributed by atoms with Gasteiger partial charge in [0.1, 0.15) is 5.82 Å². The number of carbonyl (C=O) groups is 2. The van der Waals surface area contributed by atoms with E-state index < -0.39 is 41.5 Å². The Morgan fingerprint density at radius 3 is 2.69 bits per heavy atom. The van der Waals surface area contributed by atoms with Crippen LogP contribution in [0.4, 0.5) is 22.4 Å². The average Bonchev–Trinajstić information content (AvgIpc) is 3.10. The molecule has 2 aliphatic rings. The summed E-state index contributed by atoms with van der Waals surface area (Å²) in [5, 5.41) is 11.9. The third-order valence-corrected chi connectivity index (χ3v) is 5.39. The Hall–Kier alpha value is -2.32. The summed E-state index contributed by atoms with van der Waals surface area (Å²) in [6, 6.07) is 1.66. The number of hydrogen-bond acceptors (Lipinski definition) is 2.